The fraction of sp³-hybridized carbons (Fsp3) is 0.273. The summed E-state index contributed by atoms with van der Waals surface area (Å²) < 4.78 is 8.31. The Bertz CT molecular complexity index is 496. The Morgan fingerprint density at radius 1 is 1.50 bits per heavy atom. The van der Waals surface area contributed by atoms with E-state index in [-0.39, 0.29) is 0 Å². The lowest BCUT2D eigenvalue weighted by atomic mass is 10.3. The lowest BCUT2D eigenvalue weighted by molar-refractivity contribution is 0.458. The van der Waals surface area contributed by atoms with Crippen molar-refractivity contribution in [2.24, 2.45) is 0 Å². The predicted octanol–water partition coefficient (Wildman–Crippen LogP) is 3.16. The van der Waals surface area contributed by atoms with Gasteiger partial charge in [0.25, 0.3) is 0 Å². The van der Waals surface area contributed by atoms with Crippen molar-refractivity contribution < 1.29 is 4.74 Å². The van der Waals surface area contributed by atoms with Crippen LogP contribution >= 0.6 is 15.9 Å². The molecule has 84 valence electrons. The zero-order chi connectivity index (χ0) is 11.5. The summed E-state index contributed by atoms with van der Waals surface area (Å²) in [6, 6.07) is 1.92. The van der Waals surface area contributed by atoms with E-state index < -0.39 is 0 Å². The topological polar surface area (TPSA) is 39.9 Å². The monoisotopic (exact) mass is 281 g/mol. The van der Waals surface area contributed by atoms with Crippen molar-refractivity contribution in [2.45, 2.75) is 20.4 Å². The van der Waals surface area contributed by atoms with E-state index in [1.54, 1.807) is 17.1 Å². The first-order valence-corrected chi connectivity index (χ1v) is 5.81. The molecule has 5 heteroatoms. The summed E-state index contributed by atoms with van der Waals surface area (Å²) in [5.41, 5.74) is 1.09. The van der Waals surface area contributed by atoms with Crippen LogP contribution in [0.5, 0.6) is 11.6 Å². The van der Waals surface area contributed by atoms with Crippen LogP contribution in [-0.2, 0) is 6.54 Å². The molecule has 0 spiro atoms. The smallest absolute Gasteiger partial charge is 0.234 e. The van der Waals surface area contributed by atoms with Crippen LogP contribution in [-0.4, -0.2) is 14.8 Å². The van der Waals surface area contributed by atoms with E-state index in [0.717, 1.165) is 16.6 Å². The van der Waals surface area contributed by atoms with Gasteiger partial charge in [-0.05, 0) is 41.4 Å². The molecule has 0 amide bonds. The number of halogens is 1. The van der Waals surface area contributed by atoms with Crippen LogP contribution in [0.4, 0.5) is 0 Å². The minimum atomic E-state index is 0.565. The lowest BCUT2D eigenvalue weighted by Gasteiger charge is -2.05. The first-order chi connectivity index (χ1) is 7.70. The molecule has 0 aliphatic carbocycles. The lowest BCUT2D eigenvalue weighted by Crippen LogP contribution is -1.92. The number of pyridine rings is 1. The molecule has 2 aromatic heterocycles. The third kappa shape index (κ3) is 2.24. The number of nitrogens with zero attached hydrogens (tertiary/aromatic N) is 3. The van der Waals surface area contributed by atoms with Gasteiger partial charge in [-0.15, -0.1) is 0 Å². The molecule has 0 bridgehead atoms. The summed E-state index contributed by atoms with van der Waals surface area (Å²) in [6.07, 6.45) is 5.25. The Balaban J connectivity index is 2.23. The van der Waals surface area contributed by atoms with Gasteiger partial charge in [-0.1, -0.05) is 0 Å². The van der Waals surface area contributed by atoms with Gasteiger partial charge in [-0.2, -0.15) is 5.10 Å². The van der Waals surface area contributed by atoms with Crippen molar-refractivity contribution in [3.63, 3.8) is 0 Å². The van der Waals surface area contributed by atoms with Crippen LogP contribution in [0.25, 0.3) is 0 Å². The number of ether oxygens (including phenoxy) is 1. The van der Waals surface area contributed by atoms with Crippen LogP contribution in [0, 0.1) is 6.92 Å². The largest absolute Gasteiger partial charge is 0.435 e. The summed E-state index contributed by atoms with van der Waals surface area (Å²) in [5, 5.41) is 4.13. The molecule has 2 aromatic rings. The third-order valence-electron chi connectivity index (χ3n) is 2.20. The molecule has 0 N–H and O–H groups in total. The second-order valence-corrected chi connectivity index (χ2v) is 4.17. The maximum absolute atomic E-state index is 5.63. The van der Waals surface area contributed by atoms with E-state index in [1.807, 2.05) is 26.1 Å². The van der Waals surface area contributed by atoms with Gasteiger partial charge in [0.15, 0.2) is 5.75 Å². The van der Waals surface area contributed by atoms with Crippen molar-refractivity contribution in [2.75, 3.05) is 0 Å². The molecular formula is C11H12BrN3O. The molecule has 0 fully saturated rings. The van der Waals surface area contributed by atoms with E-state index in [0.29, 0.717) is 11.6 Å². The van der Waals surface area contributed by atoms with Gasteiger partial charge < -0.3 is 4.74 Å². The summed E-state index contributed by atoms with van der Waals surface area (Å²) in [6.45, 7) is 4.84. The van der Waals surface area contributed by atoms with E-state index in [2.05, 4.69) is 26.0 Å². The number of hydrogen-bond donors (Lipinski definition) is 0. The molecule has 0 aliphatic heterocycles. The van der Waals surface area contributed by atoms with E-state index in [1.165, 1.54) is 0 Å². The highest BCUT2D eigenvalue weighted by Gasteiger charge is 2.07. The molecule has 2 heterocycles. The highest BCUT2D eigenvalue weighted by Crippen LogP contribution is 2.29. The zero-order valence-electron chi connectivity index (χ0n) is 9.14. The summed E-state index contributed by atoms with van der Waals surface area (Å²) in [5.74, 6) is 1.26. The predicted molar refractivity (Wildman–Crippen MR) is 64.6 cm³/mol. The van der Waals surface area contributed by atoms with E-state index in [4.69, 9.17) is 4.74 Å². The van der Waals surface area contributed by atoms with Crippen LogP contribution in [0.1, 0.15) is 12.5 Å². The molecule has 0 saturated carbocycles. The molecule has 0 unspecified atom stereocenters. The van der Waals surface area contributed by atoms with Gasteiger partial charge in [-0.25, -0.2) is 4.98 Å². The minimum Gasteiger partial charge on any atom is -0.435 e. The zero-order valence-corrected chi connectivity index (χ0v) is 10.7. The van der Waals surface area contributed by atoms with Gasteiger partial charge in [0.2, 0.25) is 5.88 Å². The van der Waals surface area contributed by atoms with Crippen LogP contribution in [0.2, 0.25) is 0 Å². The highest BCUT2D eigenvalue weighted by molar-refractivity contribution is 9.10. The summed E-state index contributed by atoms with van der Waals surface area (Å²) >= 11 is 3.45. The Hall–Kier alpha value is -1.36. The normalized spacial score (nSPS) is 10.4. The molecule has 0 aromatic carbocycles. The highest BCUT2D eigenvalue weighted by atomic mass is 79.9. The Morgan fingerprint density at radius 3 is 3.00 bits per heavy atom. The van der Waals surface area contributed by atoms with Gasteiger partial charge >= 0.3 is 0 Å². The second kappa shape index (κ2) is 4.65. The van der Waals surface area contributed by atoms with Crippen molar-refractivity contribution in [1.29, 1.82) is 0 Å². The maximum Gasteiger partial charge on any atom is 0.234 e. The fourth-order valence-electron chi connectivity index (χ4n) is 1.27. The first kappa shape index (κ1) is 11.1. The fourth-order valence-corrected chi connectivity index (χ4v) is 1.58. The molecule has 0 atom stereocenters. The third-order valence-corrected chi connectivity index (χ3v) is 3.16. The Labute approximate surface area is 102 Å². The summed E-state index contributed by atoms with van der Waals surface area (Å²) in [4.78, 5) is 4.16. The molecular weight excluding hydrogens is 270 g/mol. The molecule has 4 nitrogen and oxygen atoms in total. The van der Waals surface area contributed by atoms with Crippen LogP contribution in [0.3, 0.4) is 0 Å². The SMILES string of the molecule is CCn1cc(Oc2nccc(C)c2Br)cn1. The molecule has 0 saturated heterocycles. The van der Waals surface area contributed by atoms with Gasteiger partial charge in [-0.3, -0.25) is 4.68 Å². The van der Waals surface area contributed by atoms with Gasteiger partial charge in [0.1, 0.15) is 0 Å². The average molecular weight is 282 g/mol. The number of aryl methyl sites for hydroxylation is 2. The number of aromatic nitrogens is 3. The van der Waals surface area contributed by atoms with E-state index >= 15 is 0 Å². The minimum absolute atomic E-state index is 0.565. The molecule has 2 rings (SSSR count). The maximum atomic E-state index is 5.63. The first-order valence-electron chi connectivity index (χ1n) is 5.02. The second-order valence-electron chi connectivity index (χ2n) is 3.38. The Morgan fingerprint density at radius 2 is 2.31 bits per heavy atom. The van der Waals surface area contributed by atoms with Crippen molar-refractivity contribution >= 4 is 15.9 Å². The molecule has 0 radical (unpaired) electrons. The van der Waals surface area contributed by atoms with Crippen LogP contribution in [0.15, 0.2) is 29.1 Å². The van der Waals surface area contributed by atoms with Crippen LogP contribution < -0.4 is 4.74 Å². The molecule has 0 aliphatic rings. The quantitative estimate of drug-likeness (QED) is 0.868. The van der Waals surface area contributed by atoms with Gasteiger partial charge in [0.05, 0.1) is 16.9 Å². The van der Waals surface area contributed by atoms with E-state index in [9.17, 15) is 0 Å². The standard InChI is InChI=1S/C11H12BrN3O/c1-3-15-7-9(6-14-15)16-11-10(12)8(2)4-5-13-11/h4-7H,3H2,1-2H3. The number of rotatable bonds is 3. The average Bonchev–Trinajstić information content (AvgIpc) is 2.73. The Kier molecular flexibility index (Phi) is 3.24. The van der Waals surface area contributed by atoms with Crippen molar-refractivity contribution in [3.8, 4) is 11.6 Å². The van der Waals surface area contributed by atoms with Gasteiger partial charge in [0, 0.05) is 12.7 Å². The number of hydrogen-bond acceptors (Lipinski definition) is 3. The summed E-state index contributed by atoms with van der Waals surface area (Å²) in [7, 11) is 0. The van der Waals surface area contributed by atoms with Crippen molar-refractivity contribution in [1.82, 2.24) is 14.8 Å². The molecule has 16 heavy (non-hydrogen) atoms. The van der Waals surface area contributed by atoms with Crippen molar-refractivity contribution in [3.05, 3.63) is 34.7 Å².